The average molecular weight is 247 g/mol. The molecule has 0 rings (SSSR count). The van der Waals surface area contributed by atoms with Crippen LogP contribution in [-0.2, 0) is 0 Å². The van der Waals surface area contributed by atoms with E-state index in [1.807, 2.05) is 12.2 Å². The smallest absolute Gasteiger partial charge is 0.0172 e. The predicted octanol–water partition coefficient (Wildman–Crippen LogP) is 2.84. The van der Waals surface area contributed by atoms with Gasteiger partial charge in [0.15, 0.2) is 0 Å². The Morgan fingerprint density at radius 2 is 1.83 bits per heavy atom. The van der Waals surface area contributed by atoms with Gasteiger partial charge in [0, 0.05) is 15.1 Å². The molecule has 0 aromatic heterocycles. The molecule has 70 valence electrons. The summed E-state index contributed by atoms with van der Waals surface area (Å²) >= 11 is 3.74. The van der Waals surface area contributed by atoms with Crippen LogP contribution in [0.1, 0.15) is 26.2 Å². The molecule has 0 radical (unpaired) electrons. The first-order valence-electron chi connectivity index (χ1n) is 4.46. The van der Waals surface area contributed by atoms with Crippen molar-refractivity contribution in [1.82, 2.24) is 0 Å². The molecule has 0 aliphatic heterocycles. The van der Waals surface area contributed by atoms with Gasteiger partial charge in [-0.2, -0.15) is 0 Å². The Kier molecular flexibility index (Phi) is 5.84. The van der Waals surface area contributed by atoms with E-state index >= 15 is 0 Å². The maximum Gasteiger partial charge on any atom is 0.0172 e. The third-order valence-electron chi connectivity index (χ3n) is 2.34. The van der Waals surface area contributed by atoms with Crippen LogP contribution in [0.2, 0.25) is 5.04 Å². The fraction of sp³-hybridized carbons (Fsp3) is 0.600. The fourth-order valence-electron chi connectivity index (χ4n) is 1.49. The Morgan fingerprint density at radius 1 is 1.42 bits per heavy atom. The van der Waals surface area contributed by atoms with E-state index in [2.05, 4.69) is 36.0 Å². The molecule has 0 aromatic rings. The van der Waals surface area contributed by atoms with E-state index in [1.165, 1.54) is 16.7 Å². The van der Waals surface area contributed by atoms with Gasteiger partial charge < -0.3 is 0 Å². The van der Waals surface area contributed by atoms with Gasteiger partial charge in [-0.25, -0.2) is 0 Å². The topological polar surface area (TPSA) is 0 Å². The normalized spacial score (nSPS) is 14.2. The van der Waals surface area contributed by atoms with E-state index in [4.69, 9.17) is 0 Å². The van der Waals surface area contributed by atoms with Crippen LogP contribution in [0, 0.1) is 0 Å². The summed E-state index contributed by atoms with van der Waals surface area (Å²) in [7, 11) is 1.19. The molecule has 1 unspecified atom stereocenters. The largest absolute Gasteiger partial charge is 0.103 e. The summed E-state index contributed by atoms with van der Waals surface area (Å²) in [6.07, 6.45) is 7.45. The van der Waals surface area contributed by atoms with Gasteiger partial charge in [0.2, 0.25) is 0 Å². The van der Waals surface area contributed by atoms with Gasteiger partial charge in [0.05, 0.1) is 0 Å². The minimum atomic E-state index is 0.429. The zero-order valence-corrected chi connectivity index (χ0v) is 11.7. The first-order valence-corrected chi connectivity index (χ1v) is 6.38. The first-order chi connectivity index (χ1) is 5.60. The molecule has 0 bridgehead atoms. The molecule has 0 saturated carbocycles. The lowest BCUT2D eigenvalue weighted by atomic mass is 9.94. The number of halogens is 1. The van der Waals surface area contributed by atoms with E-state index in [-0.39, 0.29) is 0 Å². The highest BCUT2D eigenvalue weighted by atomic mass is 79.9. The second-order valence-corrected chi connectivity index (χ2v) is 6.61. The van der Waals surface area contributed by atoms with Crippen molar-refractivity contribution in [3.63, 3.8) is 0 Å². The number of hydrogen-bond acceptors (Lipinski definition) is 0. The van der Waals surface area contributed by atoms with Crippen LogP contribution in [0.3, 0.4) is 0 Å². The SMILES string of the molecule is C=CCC([SiH3])(CC=C)C(Br)CC. The van der Waals surface area contributed by atoms with Gasteiger partial charge in [-0.05, 0) is 24.3 Å². The zero-order valence-electron chi connectivity index (χ0n) is 8.15. The lowest BCUT2D eigenvalue weighted by Gasteiger charge is -2.32. The standard InChI is InChI=1S/C10H19BrSi/c1-4-7-10(12,8-5-2)9(11)6-3/h4-5,9H,1-2,6-8H2,3,12H3. The molecule has 2 heteroatoms. The second kappa shape index (κ2) is 5.76. The molecule has 12 heavy (non-hydrogen) atoms. The van der Waals surface area contributed by atoms with E-state index in [0.717, 1.165) is 12.8 Å². The fourth-order valence-corrected chi connectivity index (χ4v) is 2.85. The van der Waals surface area contributed by atoms with Crippen molar-refractivity contribution in [2.75, 3.05) is 0 Å². The summed E-state index contributed by atoms with van der Waals surface area (Å²) in [5.74, 6) is 0. The highest BCUT2D eigenvalue weighted by molar-refractivity contribution is 9.09. The minimum Gasteiger partial charge on any atom is -0.103 e. The van der Waals surface area contributed by atoms with E-state index < -0.39 is 0 Å². The Balaban J connectivity index is 4.34. The van der Waals surface area contributed by atoms with Crippen LogP contribution in [-0.4, -0.2) is 15.1 Å². The monoisotopic (exact) mass is 246 g/mol. The van der Waals surface area contributed by atoms with Crippen molar-refractivity contribution in [2.45, 2.75) is 36.1 Å². The zero-order chi connectivity index (χ0) is 9.61. The van der Waals surface area contributed by atoms with Crippen molar-refractivity contribution in [3.05, 3.63) is 25.3 Å². The molecule has 0 nitrogen and oxygen atoms in total. The van der Waals surface area contributed by atoms with Crippen LogP contribution in [0.5, 0.6) is 0 Å². The van der Waals surface area contributed by atoms with Gasteiger partial charge >= 0.3 is 0 Å². The molecule has 1 atom stereocenters. The third kappa shape index (κ3) is 3.28. The Bertz CT molecular complexity index is 144. The molecule has 0 saturated heterocycles. The maximum absolute atomic E-state index is 3.81. The number of alkyl halides is 1. The van der Waals surface area contributed by atoms with Crippen molar-refractivity contribution in [3.8, 4) is 0 Å². The number of hydrogen-bond donors (Lipinski definition) is 0. The molecule has 0 heterocycles. The average Bonchev–Trinajstić information content (AvgIpc) is 2.04. The summed E-state index contributed by atoms with van der Waals surface area (Å²) in [5.41, 5.74) is 0. The van der Waals surface area contributed by atoms with Gasteiger partial charge in [-0.1, -0.05) is 35.0 Å². The van der Waals surface area contributed by atoms with Gasteiger partial charge in [-0.15, -0.1) is 13.2 Å². The second-order valence-electron chi connectivity index (χ2n) is 3.52. The number of allylic oxidation sites excluding steroid dienone is 2. The molecule has 0 aliphatic carbocycles. The van der Waals surface area contributed by atoms with Crippen molar-refractivity contribution >= 4 is 26.2 Å². The lowest BCUT2D eigenvalue weighted by Crippen LogP contribution is -2.22. The molecule has 0 amide bonds. The van der Waals surface area contributed by atoms with Crippen LogP contribution in [0.4, 0.5) is 0 Å². The van der Waals surface area contributed by atoms with Crippen LogP contribution < -0.4 is 0 Å². The van der Waals surface area contributed by atoms with Crippen molar-refractivity contribution < 1.29 is 0 Å². The summed E-state index contributed by atoms with van der Waals surface area (Å²) in [5, 5.41) is 0.429. The molecular formula is C10H19BrSi. The van der Waals surface area contributed by atoms with Gasteiger partial charge in [0.25, 0.3) is 0 Å². The Hall–Kier alpha value is 0.177. The third-order valence-corrected chi connectivity index (χ3v) is 6.45. The summed E-state index contributed by atoms with van der Waals surface area (Å²) < 4.78 is 0. The van der Waals surface area contributed by atoms with Gasteiger partial charge in [0.1, 0.15) is 0 Å². The first kappa shape index (κ1) is 12.2. The van der Waals surface area contributed by atoms with Crippen LogP contribution >= 0.6 is 15.9 Å². The highest BCUT2D eigenvalue weighted by Crippen LogP contribution is 2.41. The number of rotatable bonds is 6. The Labute approximate surface area is 87.7 Å². The highest BCUT2D eigenvalue weighted by Gasteiger charge is 2.28. The van der Waals surface area contributed by atoms with E-state index in [0.29, 0.717) is 9.87 Å². The lowest BCUT2D eigenvalue weighted by molar-refractivity contribution is 0.539. The quantitative estimate of drug-likeness (QED) is 0.384. The molecule has 0 spiro atoms. The summed E-state index contributed by atoms with van der Waals surface area (Å²) in [6, 6.07) is 0. The molecule has 0 fully saturated rings. The van der Waals surface area contributed by atoms with E-state index in [1.54, 1.807) is 0 Å². The molecule has 0 aliphatic rings. The summed E-state index contributed by atoms with van der Waals surface area (Å²) in [4.78, 5) is 0.618. The molecule has 0 N–H and O–H groups in total. The predicted molar refractivity (Wildman–Crippen MR) is 65.3 cm³/mol. The van der Waals surface area contributed by atoms with E-state index in [9.17, 15) is 0 Å². The van der Waals surface area contributed by atoms with Crippen LogP contribution in [0.25, 0.3) is 0 Å². The maximum atomic E-state index is 3.81. The van der Waals surface area contributed by atoms with Crippen molar-refractivity contribution in [1.29, 1.82) is 0 Å². The van der Waals surface area contributed by atoms with Crippen LogP contribution in [0.15, 0.2) is 25.3 Å². The van der Waals surface area contributed by atoms with Crippen molar-refractivity contribution in [2.24, 2.45) is 0 Å². The summed E-state index contributed by atoms with van der Waals surface area (Å²) in [6.45, 7) is 9.84. The molecule has 0 aromatic carbocycles. The Morgan fingerprint density at radius 3 is 2.08 bits per heavy atom. The van der Waals surface area contributed by atoms with Gasteiger partial charge in [-0.3, -0.25) is 0 Å². The molecular weight excluding hydrogens is 228 g/mol. The minimum absolute atomic E-state index is 0.429.